The lowest BCUT2D eigenvalue weighted by atomic mass is 9.88. The van der Waals surface area contributed by atoms with Crippen LogP contribution in [0.25, 0.3) is 11.1 Å². The second-order valence-electron chi connectivity index (χ2n) is 12.7. The number of rotatable bonds is 13. The van der Waals surface area contributed by atoms with E-state index in [9.17, 15) is 28.3 Å². The highest BCUT2D eigenvalue weighted by Crippen LogP contribution is 2.35. The van der Waals surface area contributed by atoms with Crippen molar-refractivity contribution in [1.29, 1.82) is 0 Å². The number of aldehydes is 1. The second-order valence-corrected chi connectivity index (χ2v) is 12.7. The lowest BCUT2D eigenvalue weighted by Gasteiger charge is -2.34. The fourth-order valence-corrected chi connectivity index (χ4v) is 6.19. The van der Waals surface area contributed by atoms with Gasteiger partial charge in [-0.3, -0.25) is 14.5 Å². The molecule has 0 radical (unpaired) electrons. The number of pyridine rings is 1. The van der Waals surface area contributed by atoms with E-state index in [1.807, 2.05) is 18.7 Å². The number of aromatic nitrogens is 1. The third-order valence-corrected chi connectivity index (χ3v) is 8.63. The van der Waals surface area contributed by atoms with Gasteiger partial charge in [0.25, 0.3) is 5.56 Å². The van der Waals surface area contributed by atoms with Crippen molar-refractivity contribution in [2.75, 3.05) is 26.2 Å². The predicted molar refractivity (Wildman–Crippen MR) is 168 cm³/mol. The zero-order valence-electron chi connectivity index (χ0n) is 26.7. The topological polar surface area (TPSA) is 91.6 Å². The number of amides is 1. The van der Waals surface area contributed by atoms with E-state index in [1.165, 1.54) is 28.8 Å². The molecule has 1 aromatic heterocycles. The molecule has 1 aliphatic heterocycles. The molecule has 2 N–H and O–H groups in total. The van der Waals surface area contributed by atoms with Crippen molar-refractivity contribution in [3.8, 4) is 11.1 Å². The van der Waals surface area contributed by atoms with Gasteiger partial charge in [-0.2, -0.15) is 0 Å². The molecular formula is C35H41F4N3O4. The first-order chi connectivity index (χ1) is 21.7. The standard InChI is InChI=1S/C35H41F4N3O4/c1-19(2)8-30(42-14-23(20(3)11-31(42)45)6-7-41-15-27(37)16-41)35(46)40-34(25(17-43)18-44)28-12-24(13-29(38)33(28)39)32-21(4)9-26(36)10-22(32)5/h9-14,17,19,25,27,30,34,44H,6-8,15-16,18H2,1-5H3,(H,40,46)/t25?,30?,34-/m0/s1. The molecule has 2 unspecified atom stereocenters. The van der Waals surface area contributed by atoms with Gasteiger partial charge >= 0.3 is 0 Å². The van der Waals surface area contributed by atoms with Crippen LogP contribution in [0.4, 0.5) is 17.6 Å². The van der Waals surface area contributed by atoms with Gasteiger partial charge < -0.3 is 19.8 Å². The Morgan fingerprint density at radius 3 is 2.26 bits per heavy atom. The van der Waals surface area contributed by atoms with Gasteiger partial charge in [0.1, 0.15) is 24.3 Å². The van der Waals surface area contributed by atoms with Crippen molar-refractivity contribution in [2.45, 2.75) is 65.7 Å². The maximum Gasteiger partial charge on any atom is 0.251 e. The van der Waals surface area contributed by atoms with Crippen molar-refractivity contribution in [3.63, 3.8) is 0 Å². The smallest absolute Gasteiger partial charge is 0.251 e. The van der Waals surface area contributed by atoms with Crippen LogP contribution >= 0.6 is 0 Å². The summed E-state index contributed by atoms with van der Waals surface area (Å²) in [5.41, 5.74) is 2.29. The number of aryl methyl sites for hydroxylation is 3. The molecule has 3 aromatic rings. The van der Waals surface area contributed by atoms with Crippen LogP contribution < -0.4 is 10.9 Å². The summed E-state index contributed by atoms with van der Waals surface area (Å²) in [6.07, 6.45) is 1.84. The molecule has 0 aliphatic carbocycles. The number of nitrogens with one attached hydrogen (secondary N) is 1. The number of hydrogen-bond donors (Lipinski definition) is 2. The SMILES string of the molecule is Cc1cc(=O)n(C(CC(C)C)C(=O)N[C@H](c2cc(-c3c(C)cc(F)cc3C)cc(F)c2F)C(C=O)CO)cc1CCN1CC(F)C1. The summed E-state index contributed by atoms with van der Waals surface area (Å²) in [6.45, 7) is 9.25. The van der Waals surface area contributed by atoms with Crippen molar-refractivity contribution < 1.29 is 32.3 Å². The predicted octanol–water partition coefficient (Wildman–Crippen LogP) is 5.31. The molecule has 7 nitrogen and oxygen atoms in total. The molecule has 3 atom stereocenters. The lowest BCUT2D eigenvalue weighted by Crippen LogP contribution is -2.49. The van der Waals surface area contributed by atoms with Crippen LogP contribution in [0.15, 0.2) is 41.3 Å². The van der Waals surface area contributed by atoms with E-state index in [0.29, 0.717) is 49.0 Å². The van der Waals surface area contributed by atoms with Gasteiger partial charge in [-0.15, -0.1) is 0 Å². The molecule has 1 amide bonds. The van der Waals surface area contributed by atoms with Crippen LogP contribution in [-0.2, 0) is 16.0 Å². The number of aliphatic hydroxyl groups excluding tert-OH is 1. The van der Waals surface area contributed by atoms with Gasteiger partial charge in [-0.25, -0.2) is 17.6 Å². The minimum absolute atomic E-state index is 0.0740. The molecule has 1 saturated heterocycles. The Hall–Kier alpha value is -3.83. The van der Waals surface area contributed by atoms with Crippen LogP contribution in [0, 0.1) is 50.1 Å². The van der Waals surface area contributed by atoms with E-state index in [-0.39, 0.29) is 23.5 Å². The normalized spacial score (nSPS) is 15.8. The number of alkyl halides is 1. The van der Waals surface area contributed by atoms with Gasteiger partial charge in [0.05, 0.1) is 18.6 Å². The Kier molecular flexibility index (Phi) is 11.2. The zero-order chi connectivity index (χ0) is 33.9. The first-order valence-electron chi connectivity index (χ1n) is 15.4. The fraction of sp³-hybridized carbons (Fsp3) is 0.457. The molecule has 4 rings (SSSR count). The third-order valence-electron chi connectivity index (χ3n) is 8.63. The third kappa shape index (κ3) is 7.75. The van der Waals surface area contributed by atoms with E-state index in [4.69, 9.17) is 0 Å². The summed E-state index contributed by atoms with van der Waals surface area (Å²) in [5.74, 6) is -5.22. The Morgan fingerprint density at radius 1 is 1.04 bits per heavy atom. The van der Waals surface area contributed by atoms with E-state index >= 15 is 8.78 Å². The number of aliphatic hydroxyl groups is 1. The average molecular weight is 644 g/mol. The minimum Gasteiger partial charge on any atom is -0.396 e. The first kappa shape index (κ1) is 35.0. The van der Waals surface area contributed by atoms with Crippen molar-refractivity contribution in [2.24, 2.45) is 11.8 Å². The van der Waals surface area contributed by atoms with Gasteiger partial charge in [-0.1, -0.05) is 13.8 Å². The highest BCUT2D eigenvalue weighted by Gasteiger charge is 2.33. The highest BCUT2D eigenvalue weighted by atomic mass is 19.2. The molecule has 0 spiro atoms. The summed E-state index contributed by atoms with van der Waals surface area (Å²) in [5, 5.41) is 12.7. The van der Waals surface area contributed by atoms with Crippen LogP contribution in [0.2, 0.25) is 0 Å². The summed E-state index contributed by atoms with van der Waals surface area (Å²) in [7, 11) is 0. The molecule has 248 valence electrons. The second kappa shape index (κ2) is 14.7. The Labute approximate surface area is 266 Å². The number of carbonyl (C=O) groups excluding carboxylic acids is 2. The van der Waals surface area contributed by atoms with Gasteiger partial charge in [-0.05, 0) is 97.2 Å². The minimum atomic E-state index is -1.50. The maximum atomic E-state index is 15.5. The molecule has 0 saturated carbocycles. The van der Waals surface area contributed by atoms with E-state index in [0.717, 1.165) is 17.2 Å². The summed E-state index contributed by atoms with van der Waals surface area (Å²) < 4.78 is 59.3. The molecule has 1 aliphatic rings. The average Bonchev–Trinajstić information content (AvgIpc) is 2.95. The van der Waals surface area contributed by atoms with Gasteiger partial charge in [0.2, 0.25) is 5.91 Å². The molecule has 46 heavy (non-hydrogen) atoms. The summed E-state index contributed by atoms with van der Waals surface area (Å²) >= 11 is 0. The van der Waals surface area contributed by atoms with Gasteiger partial charge in [0.15, 0.2) is 11.6 Å². The zero-order valence-corrected chi connectivity index (χ0v) is 26.7. The number of halogens is 4. The van der Waals surface area contributed by atoms with Crippen LogP contribution in [0.3, 0.4) is 0 Å². The number of likely N-dealkylation sites (tertiary alicyclic amines) is 1. The molecule has 1 fully saturated rings. The van der Waals surface area contributed by atoms with Crippen molar-refractivity contribution >= 4 is 12.2 Å². The van der Waals surface area contributed by atoms with Crippen LogP contribution in [-0.4, -0.2) is 59.2 Å². The molecule has 11 heteroatoms. The van der Waals surface area contributed by atoms with E-state index in [2.05, 4.69) is 5.32 Å². The fourth-order valence-electron chi connectivity index (χ4n) is 6.19. The van der Waals surface area contributed by atoms with Crippen LogP contribution in [0.1, 0.15) is 60.2 Å². The van der Waals surface area contributed by atoms with Crippen molar-refractivity contribution in [3.05, 3.63) is 92.2 Å². The Morgan fingerprint density at radius 2 is 1.70 bits per heavy atom. The Bertz CT molecular complexity index is 1630. The summed E-state index contributed by atoms with van der Waals surface area (Å²) in [4.78, 5) is 41.3. The van der Waals surface area contributed by atoms with E-state index < -0.39 is 59.7 Å². The molecular weight excluding hydrogens is 602 g/mol. The number of carbonyl (C=O) groups is 2. The van der Waals surface area contributed by atoms with Gasteiger partial charge in [0, 0.05) is 37.5 Å². The number of nitrogens with zero attached hydrogens (tertiary/aromatic N) is 2. The maximum absolute atomic E-state index is 15.5. The Balaban J connectivity index is 1.75. The molecule has 2 aromatic carbocycles. The lowest BCUT2D eigenvalue weighted by molar-refractivity contribution is -0.126. The van der Waals surface area contributed by atoms with Crippen LogP contribution in [0.5, 0.6) is 0 Å². The monoisotopic (exact) mass is 643 g/mol. The largest absolute Gasteiger partial charge is 0.396 e. The summed E-state index contributed by atoms with van der Waals surface area (Å²) in [6, 6.07) is 3.61. The number of benzene rings is 2. The quantitative estimate of drug-likeness (QED) is 0.195. The molecule has 2 heterocycles. The first-order valence-corrected chi connectivity index (χ1v) is 15.4. The molecule has 0 bridgehead atoms. The van der Waals surface area contributed by atoms with Crippen molar-refractivity contribution in [1.82, 2.24) is 14.8 Å². The van der Waals surface area contributed by atoms with E-state index in [1.54, 1.807) is 27.0 Å². The highest BCUT2D eigenvalue weighted by molar-refractivity contribution is 5.81. The number of hydrogen-bond acceptors (Lipinski definition) is 5.